The van der Waals surface area contributed by atoms with Crippen LogP contribution in [0.4, 0.5) is 0 Å². The Morgan fingerprint density at radius 2 is 2.29 bits per heavy atom. The third kappa shape index (κ3) is 4.55. The Labute approximate surface area is 127 Å². The molecule has 1 saturated heterocycles. The molecular weight excluding hydrogens is 264 g/mol. The first-order chi connectivity index (χ1) is 10.1. The van der Waals surface area contributed by atoms with Crippen molar-refractivity contribution in [3.63, 3.8) is 0 Å². The van der Waals surface area contributed by atoms with E-state index in [1.54, 1.807) is 7.05 Å². The number of hydrogen-bond donors (Lipinski definition) is 2. The minimum atomic E-state index is -0.751. The van der Waals surface area contributed by atoms with Crippen molar-refractivity contribution in [2.45, 2.75) is 51.2 Å². The van der Waals surface area contributed by atoms with Crippen molar-refractivity contribution in [1.82, 2.24) is 10.2 Å². The SMILES string of the molecule is CNC(CC1CCCCN1Cc1cccc(C)c1)C(=O)O. The van der Waals surface area contributed by atoms with E-state index in [1.807, 2.05) is 0 Å². The first kappa shape index (κ1) is 16.0. The summed E-state index contributed by atoms with van der Waals surface area (Å²) in [6.45, 7) is 4.09. The summed E-state index contributed by atoms with van der Waals surface area (Å²) in [5, 5.41) is 12.2. The number of piperidine rings is 1. The van der Waals surface area contributed by atoms with E-state index in [0.29, 0.717) is 12.5 Å². The fourth-order valence-corrected chi connectivity index (χ4v) is 3.19. The van der Waals surface area contributed by atoms with Crippen molar-refractivity contribution in [3.8, 4) is 0 Å². The van der Waals surface area contributed by atoms with Gasteiger partial charge in [-0.15, -0.1) is 0 Å². The molecule has 0 aromatic heterocycles. The van der Waals surface area contributed by atoms with Crippen LogP contribution in [0.3, 0.4) is 0 Å². The van der Waals surface area contributed by atoms with Crippen molar-refractivity contribution in [2.75, 3.05) is 13.6 Å². The highest BCUT2D eigenvalue weighted by molar-refractivity contribution is 5.73. The number of carboxylic acids is 1. The molecule has 0 radical (unpaired) electrons. The van der Waals surface area contributed by atoms with Gasteiger partial charge in [0.1, 0.15) is 6.04 Å². The summed E-state index contributed by atoms with van der Waals surface area (Å²) in [5.74, 6) is -0.751. The lowest BCUT2D eigenvalue weighted by atomic mass is 9.95. The number of hydrogen-bond acceptors (Lipinski definition) is 3. The van der Waals surface area contributed by atoms with Crippen LogP contribution in [-0.4, -0.2) is 41.7 Å². The standard InChI is InChI=1S/C17H26N2O2/c1-13-6-5-7-14(10-13)12-19-9-4-3-8-15(19)11-16(18-2)17(20)21/h5-7,10,15-16,18H,3-4,8-9,11-12H2,1-2H3,(H,20,21). The van der Waals surface area contributed by atoms with Gasteiger partial charge in [0.25, 0.3) is 0 Å². The van der Waals surface area contributed by atoms with E-state index >= 15 is 0 Å². The number of benzene rings is 1. The molecule has 2 atom stereocenters. The van der Waals surface area contributed by atoms with E-state index < -0.39 is 12.0 Å². The molecule has 1 fully saturated rings. The molecule has 0 aliphatic carbocycles. The molecule has 1 aromatic carbocycles. The summed E-state index contributed by atoms with van der Waals surface area (Å²) < 4.78 is 0. The maximum absolute atomic E-state index is 11.2. The van der Waals surface area contributed by atoms with Gasteiger partial charge in [-0.05, 0) is 45.3 Å². The molecule has 1 aromatic rings. The Bertz CT molecular complexity index is 476. The number of nitrogens with one attached hydrogen (secondary N) is 1. The van der Waals surface area contributed by atoms with Gasteiger partial charge >= 0.3 is 5.97 Å². The molecule has 21 heavy (non-hydrogen) atoms. The third-order valence-electron chi connectivity index (χ3n) is 4.37. The van der Waals surface area contributed by atoms with Gasteiger partial charge in [0.05, 0.1) is 0 Å². The minimum Gasteiger partial charge on any atom is -0.480 e. The Morgan fingerprint density at radius 3 is 2.95 bits per heavy atom. The molecule has 0 bridgehead atoms. The van der Waals surface area contributed by atoms with Gasteiger partial charge in [0.15, 0.2) is 0 Å². The number of likely N-dealkylation sites (N-methyl/N-ethyl adjacent to an activating group) is 1. The van der Waals surface area contributed by atoms with Crippen LogP contribution in [0.5, 0.6) is 0 Å². The number of aliphatic carboxylic acids is 1. The van der Waals surface area contributed by atoms with E-state index in [4.69, 9.17) is 0 Å². The van der Waals surface area contributed by atoms with Crippen LogP contribution < -0.4 is 5.32 Å². The largest absolute Gasteiger partial charge is 0.480 e. The number of likely N-dealkylation sites (tertiary alicyclic amines) is 1. The molecule has 1 aliphatic heterocycles. The maximum Gasteiger partial charge on any atom is 0.320 e. The molecule has 0 spiro atoms. The summed E-state index contributed by atoms with van der Waals surface area (Å²) in [6, 6.07) is 8.49. The van der Waals surface area contributed by atoms with Gasteiger partial charge in [-0.25, -0.2) is 0 Å². The van der Waals surface area contributed by atoms with Gasteiger partial charge in [-0.1, -0.05) is 36.2 Å². The number of rotatable bonds is 6. The highest BCUT2D eigenvalue weighted by atomic mass is 16.4. The first-order valence-electron chi connectivity index (χ1n) is 7.80. The van der Waals surface area contributed by atoms with Crippen LogP contribution >= 0.6 is 0 Å². The van der Waals surface area contributed by atoms with Crippen molar-refractivity contribution >= 4 is 5.97 Å². The molecule has 1 aliphatic rings. The molecule has 0 amide bonds. The number of carbonyl (C=O) groups is 1. The van der Waals surface area contributed by atoms with E-state index in [9.17, 15) is 9.90 Å². The average molecular weight is 290 g/mol. The van der Waals surface area contributed by atoms with Crippen LogP contribution in [0.25, 0.3) is 0 Å². The molecule has 1 heterocycles. The second-order valence-electron chi connectivity index (χ2n) is 6.02. The smallest absolute Gasteiger partial charge is 0.320 e. The molecule has 4 nitrogen and oxygen atoms in total. The number of nitrogens with zero attached hydrogens (tertiary/aromatic N) is 1. The van der Waals surface area contributed by atoms with Crippen molar-refractivity contribution < 1.29 is 9.90 Å². The topological polar surface area (TPSA) is 52.6 Å². The lowest BCUT2D eigenvalue weighted by Crippen LogP contribution is -2.45. The quantitative estimate of drug-likeness (QED) is 0.845. The van der Waals surface area contributed by atoms with Crippen LogP contribution in [0, 0.1) is 6.92 Å². The Kier molecular flexibility index (Phi) is 5.76. The number of carboxylic acid groups (broad SMARTS) is 1. The Balaban J connectivity index is 2.03. The Morgan fingerprint density at radius 1 is 1.48 bits per heavy atom. The summed E-state index contributed by atoms with van der Waals surface area (Å²) in [6.07, 6.45) is 4.18. The predicted molar refractivity (Wildman–Crippen MR) is 84.3 cm³/mol. The van der Waals surface area contributed by atoms with Crippen LogP contribution in [0.1, 0.15) is 36.8 Å². The second-order valence-corrected chi connectivity index (χ2v) is 6.02. The van der Waals surface area contributed by atoms with E-state index in [2.05, 4.69) is 41.4 Å². The fourth-order valence-electron chi connectivity index (χ4n) is 3.19. The molecule has 2 N–H and O–H groups in total. The monoisotopic (exact) mass is 290 g/mol. The van der Waals surface area contributed by atoms with Gasteiger partial charge < -0.3 is 10.4 Å². The normalized spacial score (nSPS) is 21.1. The zero-order chi connectivity index (χ0) is 15.2. The summed E-state index contributed by atoms with van der Waals surface area (Å²) in [5.41, 5.74) is 2.60. The predicted octanol–water partition coefficient (Wildman–Crippen LogP) is 2.41. The zero-order valence-corrected chi connectivity index (χ0v) is 13.0. The van der Waals surface area contributed by atoms with Crippen molar-refractivity contribution in [3.05, 3.63) is 35.4 Å². The van der Waals surface area contributed by atoms with E-state index in [-0.39, 0.29) is 0 Å². The second kappa shape index (κ2) is 7.57. The lowest BCUT2D eigenvalue weighted by Gasteiger charge is -2.37. The molecular formula is C17H26N2O2. The van der Waals surface area contributed by atoms with Gasteiger partial charge in [-0.2, -0.15) is 0 Å². The average Bonchev–Trinajstić information content (AvgIpc) is 2.46. The molecule has 0 saturated carbocycles. The highest BCUT2D eigenvalue weighted by Crippen LogP contribution is 2.23. The third-order valence-corrected chi connectivity index (χ3v) is 4.37. The van der Waals surface area contributed by atoms with Crippen LogP contribution in [-0.2, 0) is 11.3 Å². The maximum atomic E-state index is 11.2. The molecule has 2 unspecified atom stereocenters. The fraction of sp³-hybridized carbons (Fsp3) is 0.588. The van der Waals surface area contributed by atoms with Crippen molar-refractivity contribution in [1.29, 1.82) is 0 Å². The molecule has 4 heteroatoms. The Hall–Kier alpha value is -1.39. The highest BCUT2D eigenvalue weighted by Gasteiger charge is 2.27. The van der Waals surface area contributed by atoms with Gasteiger partial charge in [0.2, 0.25) is 0 Å². The van der Waals surface area contributed by atoms with Crippen LogP contribution in [0.15, 0.2) is 24.3 Å². The number of aryl methyl sites for hydroxylation is 1. The zero-order valence-electron chi connectivity index (χ0n) is 13.0. The first-order valence-corrected chi connectivity index (χ1v) is 7.80. The molecule has 2 rings (SSSR count). The molecule has 116 valence electrons. The van der Waals surface area contributed by atoms with E-state index in [0.717, 1.165) is 19.5 Å². The van der Waals surface area contributed by atoms with Gasteiger partial charge in [-0.3, -0.25) is 9.69 Å². The minimum absolute atomic E-state index is 0.354. The van der Waals surface area contributed by atoms with Crippen LogP contribution in [0.2, 0.25) is 0 Å². The van der Waals surface area contributed by atoms with Gasteiger partial charge in [0, 0.05) is 12.6 Å². The summed E-state index contributed by atoms with van der Waals surface area (Å²) >= 11 is 0. The lowest BCUT2D eigenvalue weighted by molar-refractivity contribution is -0.140. The van der Waals surface area contributed by atoms with Crippen molar-refractivity contribution in [2.24, 2.45) is 0 Å². The summed E-state index contributed by atoms with van der Waals surface area (Å²) in [7, 11) is 1.73. The van der Waals surface area contributed by atoms with E-state index in [1.165, 1.54) is 24.0 Å². The summed E-state index contributed by atoms with van der Waals surface area (Å²) in [4.78, 5) is 13.7.